The maximum absolute atomic E-state index is 12.2. The van der Waals surface area contributed by atoms with Gasteiger partial charge in [-0.25, -0.2) is 0 Å². The number of hydrogen-bond acceptors (Lipinski definition) is 4. The van der Waals surface area contributed by atoms with Crippen LogP contribution in [0.15, 0.2) is 0 Å². The first-order valence-electron chi connectivity index (χ1n) is 7.35. The summed E-state index contributed by atoms with van der Waals surface area (Å²) in [6, 6.07) is 0. The monoisotopic (exact) mass is 297 g/mol. The van der Waals surface area contributed by atoms with Crippen molar-refractivity contribution in [2.24, 2.45) is 17.1 Å². The highest BCUT2D eigenvalue weighted by atomic mass is 16.4. The average molecular weight is 297 g/mol. The SMILES string of the molecule is CC1(C(N)=O)CCN(CC(=O)N2CCC(C(=O)O)CC2)C1. The molecule has 0 radical (unpaired) electrons. The number of rotatable bonds is 4. The Morgan fingerprint density at radius 1 is 1.24 bits per heavy atom. The normalized spacial score (nSPS) is 27.8. The fourth-order valence-corrected chi connectivity index (χ4v) is 3.06. The third-order valence-corrected chi connectivity index (χ3v) is 4.70. The van der Waals surface area contributed by atoms with Crippen molar-refractivity contribution in [3.05, 3.63) is 0 Å². The van der Waals surface area contributed by atoms with Gasteiger partial charge < -0.3 is 15.7 Å². The molecule has 2 fully saturated rings. The number of nitrogens with two attached hydrogens (primary N) is 1. The summed E-state index contributed by atoms with van der Waals surface area (Å²) in [7, 11) is 0. The zero-order valence-corrected chi connectivity index (χ0v) is 12.4. The molecule has 0 aromatic rings. The molecule has 2 saturated heterocycles. The van der Waals surface area contributed by atoms with Crippen LogP contribution in [0.5, 0.6) is 0 Å². The van der Waals surface area contributed by atoms with Crippen LogP contribution in [0.4, 0.5) is 0 Å². The number of nitrogens with zero attached hydrogens (tertiary/aromatic N) is 2. The van der Waals surface area contributed by atoms with Gasteiger partial charge in [0.25, 0.3) is 0 Å². The number of likely N-dealkylation sites (tertiary alicyclic amines) is 2. The number of carboxylic acids is 1. The Kier molecular flexibility index (Phi) is 4.51. The number of hydrogen-bond donors (Lipinski definition) is 2. The van der Waals surface area contributed by atoms with Crippen molar-refractivity contribution in [3.63, 3.8) is 0 Å². The van der Waals surface area contributed by atoms with Gasteiger partial charge in [-0.1, -0.05) is 0 Å². The molecule has 2 amide bonds. The lowest BCUT2D eigenvalue weighted by Crippen LogP contribution is -2.45. The van der Waals surface area contributed by atoms with Gasteiger partial charge in [0.1, 0.15) is 0 Å². The van der Waals surface area contributed by atoms with Crippen molar-refractivity contribution >= 4 is 17.8 Å². The molecule has 0 saturated carbocycles. The molecule has 1 unspecified atom stereocenters. The highest BCUT2D eigenvalue weighted by Gasteiger charge is 2.39. The lowest BCUT2D eigenvalue weighted by Gasteiger charge is -2.31. The van der Waals surface area contributed by atoms with Gasteiger partial charge >= 0.3 is 5.97 Å². The molecule has 1 atom stereocenters. The van der Waals surface area contributed by atoms with Crippen molar-refractivity contribution in [2.45, 2.75) is 26.2 Å². The van der Waals surface area contributed by atoms with Crippen molar-refractivity contribution < 1.29 is 19.5 Å². The topological polar surface area (TPSA) is 104 Å². The summed E-state index contributed by atoms with van der Waals surface area (Å²) in [5, 5.41) is 8.95. The summed E-state index contributed by atoms with van der Waals surface area (Å²) in [5.74, 6) is -1.43. The molecule has 2 aliphatic rings. The van der Waals surface area contributed by atoms with E-state index < -0.39 is 11.4 Å². The minimum atomic E-state index is -0.779. The maximum Gasteiger partial charge on any atom is 0.306 e. The average Bonchev–Trinajstić information content (AvgIpc) is 2.81. The molecular formula is C14H23N3O4. The van der Waals surface area contributed by atoms with Gasteiger partial charge in [-0.2, -0.15) is 0 Å². The van der Waals surface area contributed by atoms with Gasteiger partial charge in [-0.15, -0.1) is 0 Å². The van der Waals surface area contributed by atoms with Crippen LogP contribution in [0.25, 0.3) is 0 Å². The zero-order valence-electron chi connectivity index (χ0n) is 12.4. The molecule has 118 valence electrons. The molecule has 2 heterocycles. The van der Waals surface area contributed by atoms with E-state index in [1.165, 1.54) is 0 Å². The Bertz CT molecular complexity index is 446. The van der Waals surface area contributed by atoms with E-state index in [1.807, 2.05) is 11.8 Å². The number of primary amides is 1. The summed E-state index contributed by atoms with van der Waals surface area (Å²) in [6.45, 7) is 4.31. The second-order valence-corrected chi connectivity index (χ2v) is 6.38. The molecule has 21 heavy (non-hydrogen) atoms. The Labute approximate surface area is 124 Å². The lowest BCUT2D eigenvalue weighted by molar-refractivity contribution is -0.145. The summed E-state index contributed by atoms with van der Waals surface area (Å²) >= 11 is 0. The number of carbonyl (C=O) groups excluding carboxylic acids is 2. The second-order valence-electron chi connectivity index (χ2n) is 6.38. The van der Waals surface area contributed by atoms with Gasteiger partial charge in [-0.3, -0.25) is 19.3 Å². The predicted molar refractivity (Wildman–Crippen MR) is 75.3 cm³/mol. The number of aliphatic carboxylic acids is 1. The minimum absolute atomic E-state index is 0.00700. The fourth-order valence-electron chi connectivity index (χ4n) is 3.06. The molecule has 0 aromatic heterocycles. The first-order valence-corrected chi connectivity index (χ1v) is 7.35. The molecule has 2 rings (SSSR count). The summed E-state index contributed by atoms with van der Waals surface area (Å²) in [4.78, 5) is 38.2. The third kappa shape index (κ3) is 3.53. The van der Waals surface area contributed by atoms with Crippen molar-refractivity contribution in [1.82, 2.24) is 9.80 Å². The van der Waals surface area contributed by atoms with Crippen molar-refractivity contribution in [3.8, 4) is 0 Å². The number of piperidine rings is 1. The van der Waals surface area contributed by atoms with E-state index in [-0.39, 0.29) is 24.3 Å². The molecule has 0 aromatic carbocycles. The van der Waals surface area contributed by atoms with Crippen molar-refractivity contribution in [1.29, 1.82) is 0 Å². The van der Waals surface area contributed by atoms with E-state index in [9.17, 15) is 14.4 Å². The molecule has 7 heteroatoms. The summed E-state index contributed by atoms with van der Waals surface area (Å²) in [5.41, 5.74) is 4.85. The molecule has 0 aliphatic carbocycles. The van der Waals surface area contributed by atoms with Crippen LogP contribution in [-0.2, 0) is 14.4 Å². The smallest absolute Gasteiger partial charge is 0.306 e. The van der Waals surface area contributed by atoms with Crippen LogP contribution in [0.1, 0.15) is 26.2 Å². The fraction of sp³-hybridized carbons (Fsp3) is 0.786. The molecule has 3 N–H and O–H groups in total. The van der Waals surface area contributed by atoms with Gasteiger partial charge in [-0.05, 0) is 32.7 Å². The van der Waals surface area contributed by atoms with Gasteiger partial charge in [0.2, 0.25) is 11.8 Å². The van der Waals surface area contributed by atoms with Crippen LogP contribution in [0.3, 0.4) is 0 Å². The number of carboxylic acid groups (broad SMARTS) is 1. The first kappa shape index (κ1) is 15.8. The van der Waals surface area contributed by atoms with Crippen LogP contribution >= 0.6 is 0 Å². The lowest BCUT2D eigenvalue weighted by atomic mass is 9.89. The summed E-state index contributed by atoms with van der Waals surface area (Å²) < 4.78 is 0. The van der Waals surface area contributed by atoms with Crippen LogP contribution in [0.2, 0.25) is 0 Å². The zero-order chi connectivity index (χ0) is 15.6. The highest BCUT2D eigenvalue weighted by molar-refractivity contribution is 5.82. The second kappa shape index (κ2) is 6.01. The van der Waals surface area contributed by atoms with E-state index in [2.05, 4.69) is 0 Å². The molecule has 0 bridgehead atoms. The highest BCUT2D eigenvalue weighted by Crippen LogP contribution is 2.29. The van der Waals surface area contributed by atoms with E-state index in [0.717, 1.165) is 0 Å². The Morgan fingerprint density at radius 3 is 2.33 bits per heavy atom. The van der Waals surface area contributed by atoms with Gasteiger partial charge in [0.15, 0.2) is 0 Å². The molecular weight excluding hydrogens is 274 g/mol. The quantitative estimate of drug-likeness (QED) is 0.728. The van der Waals surface area contributed by atoms with E-state index >= 15 is 0 Å². The van der Waals surface area contributed by atoms with Gasteiger partial charge in [0.05, 0.1) is 17.9 Å². The van der Waals surface area contributed by atoms with E-state index in [0.29, 0.717) is 45.4 Å². The van der Waals surface area contributed by atoms with E-state index in [1.54, 1.807) is 4.90 Å². The maximum atomic E-state index is 12.2. The summed E-state index contributed by atoms with van der Waals surface area (Å²) in [6.07, 6.45) is 1.71. The Morgan fingerprint density at radius 2 is 1.86 bits per heavy atom. The third-order valence-electron chi connectivity index (χ3n) is 4.70. The van der Waals surface area contributed by atoms with Crippen molar-refractivity contribution in [2.75, 3.05) is 32.7 Å². The minimum Gasteiger partial charge on any atom is -0.481 e. The number of amides is 2. The largest absolute Gasteiger partial charge is 0.481 e. The number of carbonyl (C=O) groups is 3. The first-order chi connectivity index (χ1) is 9.82. The Hall–Kier alpha value is -1.63. The Balaban J connectivity index is 1.81. The molecule has 7 nitrogen and oxygen atoms in total. The molecule has 2 aliphatic heterocycles. The van der Waals surface area contributed by atoms with Crippen LogP contribution in [0, 0.1) is 11.3 Å². The predicted octanol–water partition coefficient (Wildman–Crippen LogP) is -0.493. The standard InChI is InChI=1S/C14H23N3O4/c1-14(13(15)21)4-7-16(9-14)8-11(18)17-5-2-10(3-6-17)12(19)20/h10H,2-9H2,1H3,(H2,15,21)(H,19,20). The van der Waals surface area contributed by atoms with Crippen LogP contribution in [-0.4, -0.2) is 65.4 Å². The molecule has 0 spiro atoms. The van der Waals surface area contributed by atoms with Crippen LogP contribution < -0.4 is 5.73 Å². The van der Waals surface area contributed by atoms with E-state index in [4.69, 9.17) is 10.8 Å². The van der Waals surface area contributed by atoms with Gasteiger partial charge in [0, 0.05) is 19.6 Å².